The summed E-state index contributed by atoms with van der Waals surface area (Å²) >= 11 is 5.60. The van der Waals surface area contributed by atoms with Crippen LogP contribution in [0.15, 0.2) is 29.3 Å². The number of hydrogen-bond donors (Lipinski definition) is 0. The minimum Gasteiger partial charge on any atom is -0.0505 e. The van der Waals surface area contributed by atoms with Crippen LogP contribution >= 0.6 is 11.6 Å². The molecule has 0 fully saturated rings. The molecule has 1 aliphatic rings. The lowest BCUT2D eigenvalue weighted by Crippen LogP contribution is -1.59. The molecule has 0 spiro atoms. The summed E-state index contributed by atoms with van der Waals surface area (Å²) in [6.07, 6.45) is 11.5. The SMILES string of the molecule is ClC1=[C+]CC=CC=C1. The highest BCUT2D eigenvalue weighted by molar-refractivity contribution is 6.30. The molecule has 0 aromatic heterocycles. The molecule has 1 heteroatoms. The van der Waals surface area contributed by atoms with Gasteiger partial charge in [0.2, 0.25) is 0 Å². The van der Waals surface area contributed by atoms with Gasteiger partial charge in [-0.15, -0.1) is 0 Å². The second kappa shape index (κ2) is 2.66. The first-order valence-corrected chi connectivity index (χ1v) is 2.87. The standard InChI is InChI=1S/C7H6Cl/c8-7-5-3-1-2-4-6-7/h1-3,5H,4H2/q+1. The van der Waals surface area contributed by atoms with Gasteiger partial charge in [-0.3, -0.25) is 0 Å². The molecule has 0 heterocycles. The van der Waals surface area contributed by atoms with Crippen molar-refractivity contribution in [2.75, 3.05) is 0 Å². The van der Waals surface area contributed by atoms with Gasteiger partial charge in [0.15, 0.2) is 0 Å². The van der Waals surface area contributed by atoms with Crippen LogP contribution in [0.2, 0.25) is 0 Å². The van der Waals surface area contributed by atoms with E-state index in [0.29, 0.717) is 5.03 Å². The molecule has 0 aliphatic heterocycles. The predicted octanol–water partition coefficient (Wildman–Crippen LogP) is 2.43. The highest BCUT2D eigenvalue weighted by Gasteiger charge is 1.97. The summed E-state index contributed by atoms with van der Waals surface area (Å²) in [4.78, 5) is 0. The van der Waals surface area contributed by atoms with Gasteiger partial charge in [0, 0.05) is 6.08 Å². The zero-order chi connectivity index (χ0) is 5.82. The Kier molecular flexibility index (Phi) is 1.85. The maximum atomic E-state index is 5.60. The zero-order valence-electron chi connectivity index (χ0n) is 4.39. The lowest BCUT2D eigenvalue weighted by atomic mass is 10.4. The predicted molar refractivity (Wildman–Crippen MR) is 35.5 cm³/mol. The largest absolute Gasteiger partial charge is 0.257 e. The van der Waals surface area contributed by atoms with E-state index < -0.39 is 0 Å². The average Bonchev–Trinajstić information content (AvgIpc) is 1.94. The highest BCUT2D eigenvalue weighted by atomic mass is 35.5. The number of rotatable bonds is 0. The van der Waals surface area contributed by atoms with Gasteiger partial charge in [-0.25, -0.2) is 0 Å². The van der Waals surface area contributed by atoms with Gasteiger partial charge in [0.25, 0.3) is 5.03 Å². The van der Waals surface area contributed by atoms with E-state index in [2.05, 4.69) is 6.08 Å². The molecule has 1 aliphatic carbocycles. The maximum Gasteiger partial charge on any atom is 0.257 e. The second-order valence-corrected chi connectivity index (χ2v) is 1.92. The first kappa shape index (κ1) is 5.55. The normalized spacial score (nSPS) is 16.9. The van der Waals surface area contributed by atoms with E-state index in [1.807, 2.05) is 24.3 Å². The third-order valence-electron chi connectivity index (χ3n) is 0.879. The molecule has 1 rings (SSSR count). The molecule has 0 amide bonds. The van der Waals surface area contributed by atoms with Crippen molar-refractivity contribution in [2.24, 2.45) is 0 Å². The molecule has 0 saturated carbocycles. The molecule has 0 aromatic carbocycles. The first-order valence-electron chi connectivity index (χ1n) is 2.49. The van der Waals surface area contributed by atoms with Crippen LogP contribution in [0.25, 0.3) is 0 Å². The van der Waals surface area contributed by atoms with Gasteiger partial charge in [0.05, 0.1) is 12.2 Å². The molecule has 0 unspecified atom stereocenters. The van der Waals surface area contributed by atoms with Crippen LogP contribution < -0.4 is 0 Å². The molecule has 0 aromatic rings. The van der Waals surface area contributed by atoms with Crippen LogP contribution in [-0.2, 0) is 0 Å². The molecule has 0 N–H and O–H groups in total. The summed E-state index contributed by atoms with van der Waals surface area (Å²) in [7, 11) is 0. The third-order valence-corrected chi connectivity index (χ3v) is 1.14. The van der Waals surface area contributed by atoms with Gasteiger partial charge >= 0.3 is 0 Å². The average molecular weight is 126 g/mol. The number of hydrogen-bond acceptors (Lipinski definition) is 0. The quantitative estimate of drug-likeness (QED) is 0.436. The zero-order valence-corrected chi connectivity index (χ0v) is 5.15. The van der Waals surface area contributed by atoms with Crippen LogP contribution in [0, 0.1) is 6.08 Å². The van der Waals surface area contributed by atoms with Crippen LogP contribution in [0.5, 0.6) is 0 Å². The Morgan fingerprint density at radius 1 is 1.50 bits per heavy atom. The summed E-state index contributed by atoms with van der Waals surface area (Å²) in [5.74, 6) is 0. The highest BCUT2D eigenvalue weighted by Crippen LogP contribution is 2.06. The smallest absolute Gasteiger partial charge is 0.0505 e. The monoisotopic (exact) mass is 125 g/mol. The molecule has 0 atom stereocenters. The van der Waals surface area contributed by atoms with Crippen molar-refractivity contribution in [3.05, 3.63) is 35.4 Å². The van der Waals surface area contributed by atoms with Crippen LogP contribution in [-0.4, -0.2) is 0 Å². The maximum absolute atomic E-state index is 5.60. The van der Waals surface area contributed by atoms with Gasteiger partial charge in [0.1, 0.15) is 6.42 Å². The number of allylic oxidation sites excluding steroid dienone is 6. The van der Waals surface area contributed by atoms with Crippen LogP contribution in [0.4, 0.5) is 0 Å². The van der Waals surface area contributed by atoms with E-state index in [4.69, 9.17) is 11.6 Å². The van der Waals surface area contributed by atoms with Gasteiger partial charge in [-0.1, -0.05) is 6.08 Å². The van der Waals surface area contributed by atoms with E-state index in [0.717, 1.165) is 6.42 Å². The topological polar surface area (TPSA) is 0 Å². The summed E-state index contributed by atoms with van der Waals surface area (Å²) in [5.41, 5.74) is 0. The third kappa shape index (κ3) is 1.49. The molecule has 0 radical (unpaired) electrons. The minimum absolute atomic E-state index is 0.704. The second-order valence-electron chi connectivity index (χ2n) is 1.52. The van der Waals surface area contributed by atoms with Crippen molar-refractivity contribution < 1.29 is 0 Å². The van der Waals surface area contributed by atoms with Crippen molar-refractivity contribution in [3.63, 3.8) is 0 Å². The molecular weight excluding hydrogens is 120 g/mol. The van der Waals surface area contributed by atoms with Crippen molar-refractivity contribution in [2.45, 2.75) is 6.42 Å². The Morgan fingerprint density at radius 3 is 3.25 bits per heavy atom. The summed E-state index contributed by atoms with van der Waals surface area (Å²) in [6.45, 7) is 0. The Labute approximate surface area is 54.2 Å². The fourth-order valence-electron chi connectivity index (χ4n) is 0.502. The molecule has 40 valence electrons. The molecule has 0 bridgehead atoms. The van der Waals surface area contributed by atoms with Crippen LogP contribution in [0.3, 0.4) is 0 Å². The minimum atomic E-state index is 0.704. The Balaban J connectivity index is 2.69. The lowest BCUT2D eigenvalue weighted by Gasteiger charge is -1.65. The van der Waals surface area contributed by atoms with E-state index >= 15 is 0 Å². The summed E-state index contributed by atoms with van der Waals surface area (Å²) in [5, 5.41) is 0.704. The van der Waals surface area contributed by atoms with Crippen molar-refractivity contribution >= 4 is 11.6 Å². The van der Waals surface area contributed by atoms with E-state index in [9.17, 15) is 0 Å². The Bertz CT molecular complexity index is 149. The Hall–Kier alpha value is -0.580. The fourth-order valence-corrected chi connectivity index (χ4v) is 0.652. The first-order chi connectivity index (χ1) is 3.89. The summed E-state index contributed by atoms with van der Waals surface area (Å²) < 4.78 is 0. The molecular formula is C7H6Cl+. The van der Waals surface area contributed by atoms with Gasteiger partial charge in [-0.05, 0) is 17.7 Å². The van der Waals surface area contributed by atoms with E-state index in [-0.39, 0.29) is 0 Å². The van der Waals surface area contributed by atoms with E-state index in [1.165, 1.54) is 0 Å². The molecule has 8 heavy (non-hydrogen) atoms. The summed E-state index contributed by atoms with van der Waals surface area (Å²) in [6, 6.07) is 0. The van der Waals surface area contributed by atoms with Crippen molar-refractivity contribution in [1.82, 2.24) is 0 Å². The Morgan fingerprint density at radius 2 is 2.38 bits per heavy atom. The van der Waals surface area contributed by atoms with Crippen molar-refractivity contribution in [3.8, 4) is 0 Å². The van der Waals surface area contributed by atoms with Gasteiger partial charge in [-0.2, -0.15) is 0 Å². The van der Waals surface area contributed by atoms with Crippen LogP contribution in [0.1, 0.15) is 6.42 Å². The molecule has 0 saturated heterocycles. The van der Waals surface area contributed by atoms with Gasteiger partial charge < -0.3 is 0 Å². The number of halogens is 1. The van der Waals surface area contributed by atoms with E-state index in [1.54, 1.807) is 0 Å². The fraction of sp³-hybridized carbons (Fsp3) is 0.143. The lowest BCUT2D eigenvalue weighted by molar-refractivity contribution is 1.34. The van der Waals surface area contributed by atoms with Crippen molar-refractivity contribution in [1.29, 1.82) is 0 Å². The molecule has 0 nitrogen and oxygen atoms in total.